The molecule has 1 amide bonds. The van der Waals surface area contributed by atoms with E-state index in [1.807, 2.05) is 0 Å². The molecule has 1 heterocycles. The summed E-state index contributed by atoms with van der Waals surface area (Å²) in [5.74, 6) is 0.866. The highest BCUT2D eigenvalue weighted by Crippen LogP contribution is 2.20. The molecule has 21 heavy (non-hydrogen) atoms. The van der Waals surface area contributed by atoms with Gasteiger partial charge in [0, 0.05) is 25.2 Å². The van der Waals surface area contributed by atoms with Crippen LogP contribution >= 0.6 is 0 Å². The van der Waals surface area contributed by atoms with Crippen molar-refractivity contribution < 1.29 is 4.79 Å². The number of hydrogen-bond donors (Lipinski definition) is 2. The Balaban J connectivity index is 2.39. The maximum Gasteiger partial charge on any atom is 0.234 e. The van der Waals surface area contributed by atoms with Crippen LogP contribution in [0.15, 0.2) is 0 Å². The fourth-order valence-electron chi connectivity index (χ4n) is 3.23. The van der Waals surface area contributed by atoms with Crippen LogP contribution in [0.3, 0.4) is 0 Å². The Morgan fingerprint density at radius 1 is 1.24 bits per heavy atom. The van der Waals surface area contributed by atoms with Gasteiger partial charge >= 0.3 is 0 Å². The number of carbonyl (C=O) groups is 1. The van der Waals surface area contributed by atoms with Crippen LogP contribution in [0.1, 0.15) is 59.8 Å². The van der Waals surface area contributed by atoms with Gasteiger partial charge in [0.05, 0.1) is 6.54 Å². The molecule has 1 fully saturated rings. The van der Waals surface area contributed by atoms with Crippen LogP contribution in [0.25, 0.3) is 0 Å². The van der Waals surface area contributed by atoms with Crippen LogP contribution in [0.2, 0.25) is 0 Å². The van der Waals surface area contributed by atoms with Crippen LogP contribution < -0.4 is 10.6 Å². The Hall–Kier alpha value is -0.610. The second-order valence-electron chi connectivity index (χ2n) is 6.33. The first-order chi connectivity index (χ1) is 10.1. The van der Waals surface area contributed by atoms with E-state index < -0.39 is 0 Å². The first-order valence-corrected chi connectivity index (χ1v) is 8.89. The van der Waals surface area contributed by atoms with E-state index in [9.17, 15) is 4.79 Å². The molecule has 2 atom stereocenters. The Kier molecular flexibility index (Phi) is 8.93. The lowest BCUT2D eigenvalue weighted by Gasteiger charge is -2.38. The molecule has 0 aromatic carbocycles. The Bertz CT molecular complexity index is 292. The number of rotatable bonds is 9. The molecule has 0 spiro atoms. The van der Waals surface area contributed by atoms with Gasteiger partial charge in [0.25, 0.3) is 0 Å². The highest BCUT2D eigenvalue weighted by atomic mass is 16.2. The second kappa shape index (κ2) is 10.2. The standard InChI is InChI=1S/C17H35N3O/c1-5-10-18-16-9-11-20(12-14(16)6-2)13-17(21)19-15(7-3)8-4/h14-16,18H,5-13H2,1-4H3,(H,19,21). The molecule has 4 nitrogen and oxygen atoms in total. The number of carbonyl (C=O) groups excluding carboxylic acids is 1. The van der Waals surface area contributed by atoms with E-state index in [0.717, 1.165) is 38.9 Å². The molecule has 4 heteroatoms. The van der Waals surface area contributed by atoms with Gasteiger partial charge in [-0.1, -0.05) is 34.1 Å². The Labute approximate surface area is 131 Å². The van der Waals surface area contributed by atoms with Crippen LogP contribution in [0.5, 0.6) is 0 Å². The normalized spacial score (nSPS) is 23.5. The van der Waals surface area contributed by atoms with Gasteiger partial charge in [-0.25, -0.2) is 0 Å². The summed E-state index contributed by atoms with van der Waals surface area (Å²) in [6.07, 6.45) is 5.57. The molecule has 0 bridgehead atoms. The lowest BCUT2D eigenvalue weighted by molar-refractivity contribution is -0.123. The first kappa shape index (κ1) is 18.4. The molecule has 124 valence electrons. The third kappa shape index (κ3) is 6.35. The molecule has 0 saturated carbocycles. The third-order valence-electron chi connectivity index (χ3n) is 4.72. The molecule has 1 rings (SSSR count). The first-order valence-electron chi connectivity index (χ1n) is 8.89. The minimum Gasteiger partial charge on any atom is -0.352 e. The molecule has 1 saturated heterocycles. The zero-order chi connectivity index (χ0) is 15.7. The predicted octanol–water partition coefficient (Wildman–Crippen LogP) is 2.39. The summed E-state index contributed by atoms with van der Waals surface area (Å²) in [6, 6.07) is 0.969. The lowest BCUT2D eigenvalue weighted by Crippen LogP contribution is -2.52. The number of piperidine rings is 1. The Morgan fingerprint density at radius 3 is 2.52 bits per heavy atom. The van der Waals surface area contributed by atoms with Crippen molar-refractivity contribution in [3.8, 4) is 0 Å². The van der Waals surface area contributed by atoms with Gasteiger partial charge in [-0.3, -0.25) is 9.69 Å². The topological polar surface area (TPSA) is 44.4 Å². The summed E-state index contributed by atoms with van der Waals surface area (Å²) in [4.78, 5) is 14.4. The summed E-state index contributed by atoms with van der Waals surface area (Å²) in [5.41, 5.74) is 0. The minimum absolute atomic E-state index is 0.193. The van der Waals surface area contributed by atoms with Gasteiger partial charge in [0.1, 0.15) is 0 Å². The van der Waals surface area contributed by atoms with E-state index in [-0.39, 0.29) is 5.91 Å². The SMILES string of the molecule is CCCNC1CCN(CC(=O)NC(CC)CC)CC1CC. The molecule has 0 aromatic heterocycles. The summed E-state index contributed by atoms with van der Waals surface area (Å²) in [5, 5.41) is 6.82. The van der Waals surface area contributed by atoms with E-state index in [1.54, 1.807) is 0 Å². The van der Waals surface area contributed by atoms with Gasteiger partial charge in [0.15, 0.2) is 0 Å². The molecule has 2 unspecified atom stereocenters. The van der Waals surface area contributed by atoms with Gasteiger partial charge < -0.3 is 10.6 Å². The predicted molar refractivity (Wildman–Crippen MR) is 89.4 cm³/mol. The molecular weight excluding hydrogens is 262 g/mol. The third-order valence-corrected chi connectivity index (χ3v) is 4.72. The second-order valence-corrected chi connectivity index (χ2v) is 6.33. The summed E-state index contributed by atoms with van der Waals surface area (Å²) < 4.78 is 0. The summed E-state index contributed by atoms with van der Waals surface area (Å²) >= 11 is 0. The largest absolute Gasteiger partial charge is 0.352 e. The molecule has 0 aromatic rings. The van der Waals surface area contributed by atoms with Crippen LogP contribution in [0, 0.1) is 5.92 Å². The molecule has 1 aliphatic rings. The van der Waals surface area contributed by atoms with Crippen molar-refractivity contribution >= 4 is 5.91 Å². The number of hydrogen-bond acceptors (Lipinski definition) is 3. The average molecular weight is 297 g/mol. The highest BCUT2D eigenvalue weighted by Gasteiger charge is 2.28. The average Bonchev–Trinajstić information content (AvgIpc) is 2.51. The van der Waals surface area contributed by atoms with Crippen LogP contribution in [-0.2, 0) is 4.79 Å². The van der Waals surface area contributed by atoms with E-state index in [0.29, 0.717) is 24.5 Å². The summed E-state index contributed by atoms with van der Waals surface area (Å²) in [6.45, 7) is 12.5. The van der Waals surface area contributed by atoms with E-state index in [2.05, 4.69) is 43.2 Å². The van der Waals surface area contributed by atoms with Crippen molar-refractivity contribution in [1.82, 2.24) is 15.5 Å². The summed E-state index contributed by atoms with van der Waals surface area (Å²) in [7, 11) is 0. The van der Waals surface area contributed by atoms with Crippen molar-refractivity contribution in [2.24, 2.45) is 5.92 Å². The fourth-order valence-corrected chi connectivity index (χ4v) is 3.23. The maximum absolute atomic E-state index is 12.1. The van der Waals surface area contributed by atoms with Crippen molar-refractivity contribution in [1.29, 1.82) is 0 Å². The van der Waals surface area contributed by atoms with E-state index >= 15 is 0 Å². The molecule has 1 aliphatic heterocycles. The van der Waals surface area contributed by atoms with Gasteiger partial charge in [-0.05, 0) is 38.1 Å². The monoisotopic (exact) mass is 297 g/mol. The van der Waals surface area contributed by atoms with Crippen molar-refractivity contribution in [2.45, 2.75) is 71.9 Å². The quantitative estimate of drug-likeness (QED) is 0.687. The zero-order valence-corrected chi connectivity index (χ0v) is 14.5. The van der Waals surface area contributed by atoms with Gasteiger partial charge in [-0.15, -0.1) is 0 Å². The minimum atomic E-state index is 0.193. The number of nitrogens with one attached hydrogen (secondary N) is 2. The van der Waals surface area contributed by atoms with Crippen molar-refractivity contribution in [3.63, 3.8) is 0 Å². The molecule has 0 radical (unpaired) electrons. The van der Waals surface area contributed by atoms with Crippen LogP contribution in [0.4, 0.5) is 0 Å². The lowest BCUT2D eigenvalue weighted by atomic mass is 9.90. The number of likely N-dealkylation sites (tertiary alicyclic amines) is 1. The Morgan fingerprint density at radius 2 is 1.95 bits per heavy atom. The van der Waals surface area contributed by atoms with Gasteiger partial charge in [-0.2, -0.15) is 0 Å². The maximum atomic E-state index is 12.1. The number of amides is 1. The zero-order valence-electron chi connectivity index (χ0n) is 14.5. The van der Waals surface area contributed by atoms with Crippen LogP contribution in [-0.4, -0.2) is 49.1 Å². The molecule has 2 N–H and O–H groups in total. The van der Waals surface area contributed by atoms with E-state index in [4.69, 9.17) is 0 Å². The molecular formula is C17H35N3O. The number of nitrogens with zero attached hydrogens (tertiary/aromatic N) is 1. The fraction of sp³-hybridized carbons (Fsp3) is 0.941. The van der Waals surface area contributed by atoms with Crippen molar-refractivity contribution in [3.05, 3.63) is 0 Å². The van der Waals surface area contributed by atoms with E-state index in [1.165, 1.54) is 12.8 Å². The van der Waals surface area contributed by atoms with Crippen molar-refractivity contribution in [2.75, 3.05) is 26.2 Å². The highest BCUT2D eigenvalue weighted by molar-refractivity contribution is 5.78. The smallest absolute Gasteiger partial charge is 0.234 e. The molecule has 0 aliphatic carbocycles. The van der Waals surface area contributed by atoms with Gasteiger partial charge in [0.2, 0.25) is 5.91 Å².